The van der Waals surface area contributed by atoms with E-state index in [0.29, 0.717) is 12.2 Å². The summed E-state index contributed by atoms with van der Waals surface area (Å²) in [6.45, 7) is 1.57. The first-order chi connectivity index (χ1) is 9.10. The number of hydrogen-bond donors (Lipinski definition) is 3. The fraction of sp³-hybridized carbons (Fsp3) is 0.357. The quantitative estimate of drug-likeness (QED) is 0.713. The molecule has 2 rings (SSSR count). The van der Waals surface area contributed by atoms with Gasteiger partial charge in [0.25, 0.3) is 5.91 Å². The van der Waals surface area contributed by atoms with Crippen molar-refractivity contribution in [2.75, 3.05) is 34.3 Å². The van der Waals surface area contributed by atoms with Crippen LogP contribution in [0.5, 0.6) is 5.75 Å². The van der Waals surface area contributed by atoms with Gasteiger partial charge in [-0.15, -0.1) is 0 Å². The van der Waals surface area contributed by atoms with Crippen LogP contribution in [0.3, 0.4) is 0 Å². The molecule has 5 heteroatoms. The number of aromatic amines is 1. The molecule has 19 heavy (non-hydrogen) atoms. The molecule has 0 atom stereocenters. The molecule has 0 bridgehead atoms. The number of carbonyl (C=O) groups is 1. The zero-order chi connectivity index (χ0) is 13.8. The van der Waals surface area contributed by atoms with Crippen molar-refractivity contribution in [1.29, 1.82) is 0 Å². The number of benzene rings is 1. The van der Waals surface area contributed by atoms with Crippen LogP contribution in [0.15, 0.2) is 24.3 Å². The van der Waals surface area contributed by atoms with Crippen molar-refractivity contribution in [3.63, 3.8) is 0 Å². The number of amides is 1. The Bertz CT molecular complexity index is 575. The van der Waals surface area contributed by atoms with E-state index in [0.717, 1.165) is 23.2 Å². The van der Waals surface area contributed by atoms with Gasteiger partial charge >= 0.3 is 0 Å². The highest BCUT2D eigenvalue weighted by Crippen LogP contribution is 2.21. The number of rotatable bonds is 5. The summed E-state index contributed by atoms with van der Waals surface area (Å²) in [7, 11) is 5.74. The number of quaternary nitrogens is 1. The number of ether oxygens (including phenoxy) is 1. The summed E-state index contributed by atoms with van der Waals surface area (Å²) in [4.78, 5) is 16.4. The third-order valence-corrected chi connectivity index (χ3v) is 2.98. The predicted octanol–water partition coefficient (Wildman–Crippen LogP) is 0.0508. The summed E-state index contributed by atoms with van der Waals surface area (Å²) in [6, 6.07) is 7.56. The van der Waals surface area contributed by atoms with Crippen molar-refractivity contribution in [2.45, 2.75) is 0 Å². The summed E-state index contributed by atoms with van der Waals surface area (Å²) in [6.07, 6.45) is 0. The van der Waals surface area contributed by atoms with Crippen LogP contribution < -0.4 is 15.0 Å². The van der Waals surface area contributed by atoms with Crippen LogP contribution in [0.1, 0.15) is 10.5 Å². The average Bonchev–Trinajstić information content (AvgIpc) is 2.80. The van der Waals surface area contributed by atoms with E-state index in [2.05, 4.69) is 24.4 Å². The van der Waals surface area contributed by atoms with Gasteiger partial charge in [0.2, 0.25) is 0 Å². The first kappa shape index (κ1) is 13.4. The van der Waals surface area contributed by atoms with Gasteiger partial charge in [-0.05, 0) is 18.2 Å². The lowest BCUT2D eigenvalue weighted by molar-refractivity contribution is -0.856. The SMILES string of the molecule is COc1ccc2cc(C(=O)NCC[NH+](C)C)[nH]c2c1. The Kier molecular flexibility index (Phi) is 4.06. The molecule has 0 aliphatic heterocycles. The lowest BCUT2D eigenvalue weighted by Gasteiger charge is -2.07. The van der Waals surface area contributed by atoms with E-state index in [1.807, 2.05) is 24.3 Å². The lowest BCUT2D eigenvalue weighted by Crippen LogP contribution is -3.06. The number of methoxy groups -OCH3 is 1. The van der Waals surface area contributed by atoms with Gasteiger partial charge in [0.1, 0.15) is 11.4 Å². The largest absolute Gasteiger partial charge is 0.497 e. The Morgan fingerprint density at radius 3 is 2.84 bits per heavy atom. The van der Waals surface area contributed by atoms with Crippen molar-refractivity contribution in [2.24, 2.45) is 0 Å². The van der Waals surface area contributed by atoms with E-state index in [-0.39, 0.29) is 5.91 Å². The van der Waals surface area contributed by atoms with Gasteiger partial charge in [0.15, 0.2) is 0 Å². The van der Waals surface area contributed by atoms with Crippen molar-refractivity contribution < 1.29 is 14.4 Å². The van der Waals surface area contributed by atoms with Gasteiger partial charge < -0.3 is 19.9 Å². The molecule has 5 nitrogen and oxygen atoms in total. The van der Waals surface area contributed by atoms with Crippen molar-refractivity contribution in [3.8, 4) is 5.75 Å². The highest BCUT2D eigenvalue weighted by atomic mass is 16.5. The number of carbonyl (C=O) groups excluding carboxylic acids is 1. The molecule has 1 heterocycles. The second-order valence-corrected chi connectivity index (χ2v) is 4.85. The van der Waals surface area contributed by atoms with E-state index in [1.54, 1.807) is 7.11 Å². The Morgan fingerprint density at radius 2 is 2.16 bits per heavy atom. The number of nitrogens with one attached hydrogen (secondary N) is 3. The Labute approximate surface area is 112 Å². The number of hydrogen-bond acceptors (Lipinski definition) is 2. The standard InChI is InChI=1S/C14H19N3O2/c1-17(2)7-6-15-14(18)13-8-10-4-5-11(19-3)9-12(10)16-13/h4-5,8-9,16H,6-7H2,1-3H3,(H,15,18)/p+1. The fourth-order valence-electron chi connectivity index (χ4n) is 1.88. The molecule has 1 amide bonds. The van der Waals surface area contributed by atoms with Crippen LogP contribution in [0.4, 0.5) is 0 Å². The zero-order valence-corrected chi connectivity index (χ0v) is 11.5. The second-order valence-electron chi connectivity index (χ2n) is 4.85. The van der Waals surface area contributed by atoms with Crippen LogP contribution >= 0.6 is 0 Å². The van der Waals surface area contributed by atoms with Gasteiger partial charge in [-0.3, -0.25) is 4.79 Å². The molecule has 0 aliphatic rings. The molecule has 0 unspecified atom stereocenters. The van der Waals surface area contributed by atoms with Crippen LogP contribution in [0.2, 0.25) is 0 Å². The monoisotopic (exact) mass is 262 g/mol. The Balaban J connectivity index is 2.10. The predicted molar refractivity (Wildman–Crippen MR) is 74.9 cm³/mol. The summed E-state index contributed by atoms with van der Waals surface area (Å²) in [5.74, 6) is 0.703. The number of likely N-dealkylation sites (N-methyl/N-ethyl adjacent to an activating group) is 1. The Hall–Kier alpha value is -2.01. The minimum absolute atomic E-state index is 0.0728. The number of H-pyrrole nitrogens is 1. The molecule has 1 aromatic heterocycles. The number of aromatic nitrogens is 1. The third-order valence-electron chi connectivity index (χ3n) is 2.98. The molecule has 102 valence electrons. The highest BCUT2D eigenvalue weighted by molar-refractivity contribution is 5.98. The van der Waals surface area contributed by atoms with Crippen molar-refractivity contribution >= 4 is 16.8 Å². The van der Waals surface area contributed by atoms with Gasteiger partial charge in [0.05, 0.1) is 34.3 Å². The average molecular weight is 262 g/mol. The van der Waals surface area contributed by atoms with E-state index in [1.165, 1.54) is 4.90 Å². The molecule has 2 aromatic rings. The molecular formula is C14H20N3O2+. The molecule has 1 aromatic carbocycles. The maximum Gasteiger partial charge on any atom is 0.267 e. The van der Waals surface area contributed by atoms with Gasteiger partial charge in [-0.2, -0.15) is 0 Å². The smallest absolute Gasteiger partial charge is 0.267 e. The number of fused-ring (bicyclic) bond motifs is 1. The third kappa shape index (κ3) is 3.26. The van der Waals surface area contributed by atoms with Crippen LogP contribution in [-0.4, -0.2) is 45.2 Å². The fourth-order valence-corrected chi connectivity index (χ4v) is 1.88. The van der Waals surface area contributed by atoms with Crippen LogP contribution in [0.25, 0.3) is 10.9 Å². The van der Waals surface area contributed by atoms with E-state index < -0.39 is 0 Å². The molecule has 0 spiro atoms. The van der Waals surface area contributed by atoms with Crippen LogP contribution in [0, 0.1) is 0 Å². The maximum absolute atomic E-state index is 12.0. The minimum atomic E-state index is -0.0728. The lowest BCUT2D eigenvalue weighted by atomic mass is 10.2. The second kappa shape index (κ2) is 5.75. The van der Waals surface area contributed by atoms with E-state index in [9.17, 15) is 4.79 Å². The van der Waals surface area contributed by atoms with Crippen molar-refractivity contribution in [3.05, 3.63) is 30.0 Å². The van der Waals surface area contributed by atoms with E-state index >= 15 is 0 Å². The maximum atomic E-state index is 12.0. The zero-order valence-electron chi connectivity index (χ0n) is 11.5. The van der Waals surface area contributed by atoms with E-state index in [4.69, 9.17) is 4.74 Å². The normalized spacial score (nSPS) is 10.9. The molecule has 0 radical (unpaired) electrons. The molecule has 0 fully saturated rings. The summed E-state index contributed by atoms with van der Waals surface area (Å²) in [5.41, 5.74) is 1.49. The summed E-state index contributed by atoms with van der Waals surface area (Å²) < 4.78 is 5.16. The molecule has 0 saturated carbocycles. The van der Waals surface area contributed by atoms with Gasteiger partial charge in [0, 0.05) is 17.0 Å². The molecule has 0 saturated heterocycles. The van der Waals surface area contributed by atoms with Gasteiger partial charge in [-0.1, -0.05) is 0 Å². The molecular weight excluding hydrogens is 242 g/mol. The summed E-state index contributed by atoms with van der Waals surface area (Å²) >= 11 is 0. The van der Waals surface area contributed by atoms with Crippen molar-refractivity contribution in [1.82, 2.24) is 10.3 Å². The summed E-state index contributed by atoms with van der Waals surface area (Å²) in [5, 5.41) is 3.90. The first-order valence-electron chi connectivity index (χ1n) is 6.34. The van der Waals surface area contributed by atoms with Crippen LogP contribution in [-0.2, 0) is 0 Å². The first-order valence-corrected chi connectivity index (χ1v) is 6.34. The topological polar surface area (TPSA) is 58.6 Å². The minimum Gasteiger partial charge on any atom is -0.497 e. The van der Waals surface area contributed by atoms with Gasteiger partial charge in [-0.25, -0.2) is 0 Å². The Morgan fingerprint density at radius 1 is 1.37 bits per heavy atom. The molecule has 3 N–H and O–H groups in total. The molecule has 0 aliphatic carbocycles. The highest BCUT2D eigenvalue weighted by Gasteiger charge is 2.09.